The fourth-order valence-electron chi connectivity index (χ4n) is 3.32. The van der Waals surface area contributed by atoms with Gasteiger partial charge in [-0.05, 0) is 19.3 Å². The zero-order valence-electron chi connectivity index (χ0n) is 10.8. The summed E-state index contributed by atoms with van der Waals surface area (Å²) in [6, 6.07) is 0. The first-order valence-corrected chi connectivity index (χ1v) is 7.34. The summed E-state index contributed by atoms with van der Waals surface area (Å²) in [5.41, 5.74) is 0. The molecular formula is C14H26O3. The van der Waals surface area contributed by atoms with Gasteiger partial charge in [0.25, 0.3) is 0 Å². The number of hydrogen-bond acceptors (Lipinski definition) is 3. The van der Waals surface area contributed by atoms with Crippen LogP contribution in [0.5, 0.6) is 0 Å². The molecule has 1 aliphatic heterocycles. The lowest BCUT2D eigenvalue weighted by Gasteiger charge is -2.31. The molecule has 100 valence electrons. The largest absolute Gasteiger partial charge is 0.347 e. The van der Waals surface area contributed by atoms with Gasteiger partial charge >= 0.3 is 0 Å². The molecule has 3 heteroatoms. The predicted molar refractivity (Wildman–Crippen MR) is 66.7 cm³/mol. The Morgan fingerprint density at radius 2 is 1.53 bits per heavy atom. The van der Waals surface area contributed by atoms with E-state index in [1.807, 2.05) is 0 Å². The Balaban J connectivity index is 1.93. The van der Waals surface area contributed by atoms with Crippen LogP contribution in [0.25, 0.3) is 0 Å². The fraction of sp³-hybridized carbons (Fsp3) is 1.00. The minimum absolute atomic E-state index is 0.395. The van der Waals surface area contributed by atoms with E-state index in [0.29, 0.717) is 5.92 Å². The quantitative estimate of drug-likeness (QED) is 0.555. The highest BCUT2D eigenvalue weighted by molar-refractivity contribution is 4.84. The lowest BCUT2D eigenvalue weighted by atomic mass is 9.87. The monoisotopic (exact) mass is 242 g/mol. The molecule has 0 amide bonds. The maximum Gasteiger partial charge on any atom is 0.204 e. The van der Waals surface area contributed by atoms with E-state index in [1.54, 1.807) is 0 Å². The standard InChI is InChI=1S/C14H26O3/c15-17-14-11-8-6-4-2-1-3-5-7-9-13(14)10-12-16-14/h13,15H,1-12H2. The molecule has 1 heterocycles. The summed E-state index contributed by atoms with van der Waals surface area (Å²) < 4.78 is 5.73. The number of hydrogen-bond donors (Lipinski definition) is 1. The van der Waals surface area contributed by atoms with Gasteiger partial charge in [-0.1, -0.05) is 44.9 Å². The fourth-order valence-corrected chi connectivity index (χ4v) is 3.32. The minimum atomic E-state index is -0.667. The first-order valence-electron chi connectivity index (χ1n) is 7.34. The van der Waals surface area contributed by atoms with E-state index in [-0.39, 0.29) is 0 Å². The topological polar surface area (TPSA) is 38.7 Å². The second kappa shape index (κ2) is 6.72. The van der Waals surface area contributed by atoms with Crippen LogP contribution < -0.4 is 0 Å². The van der Waals surface area contributed by atoms with Crippen LogP contribution in [-0.2, 0) is 9.62 Å². The van der Waals surface area contributed by atoms with Gasteiger partial charge in [0.1, 0.15) is 0 Å². The van der Waals surface area contributed by atoms with Gasteiger partial charge in [0, 0.05) is 12.3 Å². The molecule has 1 aliphatic carbocycles. The second-order valence-electron chi connectivity index (χ2n) is 5.60. The SMILES string of the molecule is OOC12CCCCCCCCCCC1CCO2. The van der Waals surface area contributed by atoms with E-state index < -0.39 is 5.79 Å². The Labute approximate surface area is 104 Å². The molecule has 2 unspecified atom stereocenters. The molecule has 0 radical (unpaired) electrons. The Hall–Kier alpha value is -0.120. The highest BCUT2D eigenvalue weighted by Gasteiger charge is 2.45. The normalized spacial score (nSPS) is 36.9. The first-order chi connectivity index (χ1) is 8.37. The summed E-state index contributed by atoms with van der Waals surface area (Å²) in [7, 11) is 0. The zero-order valence-corrected chi connectivity index (χ0v) is 10.8. The maximum atomic E-state index is 9.23. The van der Waals surface area contributed by atoms with E-state index in [1.165, 1.54) is 44.9 Å². The highest BCUT2D eigenvalue weighted by atomic mass is 17.1. The molecule has 2 fully saturated rings. The van der Waals surface area contributed by atoms with Gasteiger partial charge in [-0.15, -0.1) is 0 Å². The molecule has 2 atom stereocenters. The van der Waals surface area contributed by atoms with Crippen molar-refractivity contribution in [1.82, 2.24) is 0 Å². The molecular weight excluding hydrogens is 216 g/mol. The van der Waals surface area contributed by atoms with Gasteiger partial charge < -0.3 is 4.74 Å². The van der Waals surface area contributed by atoms with Crippen molar-refractivity contribution >= 4 is 0 Å². The van der Waals surface area contributed by atoms with Crippen LogP contribution in [0.3, 0.4) is 0 Å². The Morgan fingerprint density at radius 3 is 2.24 bits per heavy atom. The summed E-state index contributed by atoms with van der Waals surface area (Å²) in [4.78, 5) is 4.78. The van der Waals surface area contributed by atoms with Gasteiger partial charge in [-0.3, -0.25) is 0 Å². The van der Waals surface area contributed by atoms with Crippen LogP contribution in [0.4, 0.5) is 0 Å². The van der Waals surface area contributed by atoms with E-state index in [0.717, 1.165) is 32.3 Å². The number of ether oxygens (including phenoxy) is 1. The van der Waals surface area contributed by atoms with Crippen molar-refractivity contribution in [3.8, 4) is 0 Å². The summed E-state index contributed by atoms with van der Waals surface area (Å²) in [5, 5.41) is 9.23. The molecule has 2 aliphatic rings. The molecule has 1 N–H and O–H groups in total. The van der Waals surface area contributed by atoms with Crippen LogP contribution >= 0.6 is 0 Å². The van der Waals surface area contributed by atoms with Crippen LogP contribution in [-0.4, -0.2) is 17.7 Å². The first kappa shape index (κ1) is 13.3. The van der Waals surface area contributed by atoms with E-state index in [2.05, 4.69) is 0 Å². The highest BCUT2D eigenvalue weighted by Crippen LogP contribution is 2.40. The smallest absolute Gasteiger partial charge is 0.204 e. The van der Waals surface area contributed by atoms with Crippen LogP contribution in [0.1, 0.15) is 70.6 Å². The van der Waals surface area contributed by atoms with Gasteiger partial charge in [0.15, 0.2) is 0 Å². The van der Waals surface area contributed by atoms with Crippen LogP contribution in [0.2, 0.25) is 0 Å². The molecule has 0 aromatic rings. The van der Waals surface area contributed by atoms with E-state index in [9.17, 15) is 5.26 Å². The number of rotatable bonds is 1. The van der Waals surface area contributed by atoms with Crippen molar-refractivity contribution in [2.75, 3.05) is 6.61 Å². The van der Waals surface area contributed by atoms with Gasteiger partial charge in [0.2, 0.25) is 5.79 Å². The van der Waals surface area contributed by atoms with E-state index >= 15 is 0 Å². The zero-order chi connectivity index (χ0) is 12.0. The summed E-state index contributed by atoms with van der Waals surface area (Å²) in [6.45, 7) is 0.741. The van der Waals surface area contributed by atoms with Crippen molar-refractivity contribution < 1.29 is 14.9 Å². The third-order valence-corrected chi connectivity index (χ3v) is 4.42. The lowest BCUT2D eigenvalue weighted by molar-refractivity contribution is -0.406. The second-order valence-corrected chi connectivity index (χ2v) is 5.60. The van der Waals surface area contributed by atoms with Gasteiger partial charge in [-0.2, -0.15) is 0 Å². The molecule has 0 spiro atoms. The number of fused-ring (bicyclic) bond motifs is 1. The average Bonchev–Trinajstić information content (AvgIpc) is 2.73. The third kappa shape index (κ3) is 3.43. The van der Waals surface area contributed by atoms with Crippen LogP contribution in [0.15, 0.2) is 0 Å². The van der Waals surface area contributed by atoms with Crippen molar-refractivity contribution in [3.05, 3.63) is 0 Å². The summed E-state index contributed by atoms with van der Waals surface area (Å²) >= 11 is 0. The van der Waals surface area contributed by atoms with Crippen molar-refractivity contribution in [2.45, 2.75) is 76.4 Å². The van der Waals surface area contributed by atoms with E-state index in [4.69, 9.17) is 9.62 Å². The molecule has 17 heavy (non-hydrogen) atoms. The molecule has 1 saturated carbocycles. The third-order valence-electron chi connectivity index (χ3n) is 4.42. The molecule has 0 aromatic heterocycles. The maximum absolute atomic E-state index is 9.23. The lowest BCUT2D eigenvalue weighted by Crippen LogP contribution is -2.37. The Kier molecular flexibility index (Phi) is 5.26. The Morgan fingerprint density at radius 1 is 0.882 bits per heavy atom. The predicted octanol–water partition coefficient (Wildman–Crippen LogP) is 4.12. The minimum Gasteiger partial charge on any atom is -0.347 e. The van der Waals surface area contributed by atoms with Crippen molar-refractivity contribution in [2.24, 2.45) is 5.92 Å². The van der Waals surface area contributed by atoms with Crippen molar-refractivity contribution in [1.29, 1.82) is 0 Å². The molecule has 2 rings (SSSR count). The van der Waals surface area contributed by atoms with Crippen molar-refractivity contribution in [3.63, 3.8) is 0 Å². The molecule has 1 saturated heterocycles. The summed E-state index contributed by atoms with van der Waals surface area (Å²) in [6.07, 6.45) is 13.4. The van der Waals surface area contributed by atoms with Gasteiger partial charge in [0.05, 0.1) is 6.61 Å². The Bertz CT molecular complexity index is 220. The van der Waals surface area contributed by atoms with Gasteiger partial charge in [-0.25, -0.2) is 10.1 Å². The molecule has 0 aromatic carbocycles. The summed E-state index contributed by atoms with van der Waals surface area (Å²) in [5.74, 6) is -0.272. The molecule has 0 bridgehead atoms. The molecule has 3 nitrogen and oxygen atoms in total. The average molecular weight is 242 g/mol. The van der Waals surface area contributed by atoms with Crippen LogP contribution in [0, 0.1) is 5.92 Å².